The Hall–Kier alpha value is -3.99. The number of benzene rings is 2. The van der Waals surface area contributed by atoms with E-state index < -0.39 is 17.8 Å². The largest absolute Gasteiger partial charge is 0.484 e. The van der Waals surface area contributed by atoms with Crippen LogP contribution in [-0.4, -0.2) is 84.3 Å². The predicted octanol–water partition coefficient (Wildman–Crippen LogP) is 3.96. The smallest absolute Gasteiger partial charge is 0.254 e. The van der Waals surface area contributed by atoms with Crippen molar-refractivity contribution in [3.8, 4) is 5.75 Å². The van der Waals surface area contributed by atoms with E-state index in [0.29, 0.717) is 11.5 Å². The number of halogens is 1. The number of nitrogens with one attached hydrogen (secondary N) is 2. The maximum atomic E-state index is 14.5. The lowest BCUT2D eigenvalue weighted by atomic mass is 9.83. The zero-order valence-electron chi connectivity index (χ0n) is 28.0. The molecule has 0 aromatic heterocycles. The third kappa shape index (κ3) is 8.17. The minimum absolute atomic E-state index is 0.0238. The zero-order valence-corrected chi connectivity index (χ0v) is 28.0. The van der Waals surface area contributed by atoms with Crippen molar-refractivity contribution in [2.45, 2.75) is 102 Å². The number of anilines is 1. The molecule has 4 aliphatic rings. The molecule has 2 aromatic rings. The van der Waals surface area contributed by atoms with E-state index >= 15 is 0 Å². The van der Waals surface area contributed by atoms with Gasteiger partial charge in [0.25, 0.3) is 11.8 Å². The zero-order chi connectivity index (χ0) is 33.6. The highest BCUT2D eigenvalue weighted by atomic mass is 19.1. The van der Waals surface area contributed by atoms with Gasteiger partial charge in [-0.3, -0.25) is 19.2 Å². The first kappa shape index (κ1) is 33.9. The summed E-state index contributed by atoms with van der Waals surface area (Å²) in [5.74, 6) is -0.854. The molecule has 4 amide bonds. The van der Waals surface area contributed by atoms with E-state index in [1.54, 1.807) is 4.90 Å². The number of nitrogens with two attached hydrogens (primary N) is 1. The second-order valence-corrected chi connectivity index (χ2v) is 13.9. The van der Waals surface area contributed by atoms with Gasteiger partial charge in [0.2, 0.25) is 11.8 Å². The van der Waals surface area contributed by atoms with Gasteiger partial charge in [0, 0.05) is 49.3 Å². The predicted molar refractivity (Wildman–Crippen MR) is 179 cm³/mol. The van der Waals surface area contributed by atoms with Crippen LogP contribution in [0.3, 0.4) is 0 Å². The van der Waals surface area contributed by atoms with Gasteiger partial charge in [-0.1, -0.05) is 38.5 Å². The van der Waals surface area contributed by atoms with E-state index in [0.717, 1.165) is 101 Å². The molecule has 2 aliphatic heterocycles. The quantitative estimate of drug-likeness (QED) is 0.395. The van der Waals surface area contributed by atoms with E-state index in [2.05, 4.69) is 16.0 Å². The SMILES string of the molecule is CC(=O)Nc1cc(F)cc(C(=O)N2CCN(C(=O)c3ccc(O[C@H]4CC[NH2+]C4)c(C4CCCCC4)c3)C(C(=O)NC3CCCCC3)C2)c1. The molecule has 0 radical (unpaired) electrons. The van der Waals surface area contributed by atoms with Crippen molar-refractivity contribution in [2.75, 3.05) is 38.0 Å². The molecule has 2 aromatic carbocycles. The van der Waals surface area contributed by atoms with Crippen molar-refractivity contribution < 1.29 is 33.6 Å². The number of ether oxygens (including phenoxy) is 1. The Morgan fingerprint density at radius 2 is 1.60 bits per heavy atom. The van der Waals surface area contributed by atoms with Crippen LogP contribution in [0.2, 0.25) is 0 Å². The summed E-state index contributed by atoms with van der Waals surface area (Å²) in [5, 5.41) is 7.97. The van der Waals surface area contributed by atoms with Crippen LogP contribution < -0.4 is 20.7 Å². The third-order valence-corrected chi connectivity index (χ3v) is 10.4. The fourth-order valence-electron chi connectivity index (χ4n) is 7.85. The van der Waals surface area contributed by atoms with Gasteiger partial charge in [-0.15, -0.1) is 0 Å². The fraction of sp³-hybridized carbons (Fsp3) is 0.568. The van der Waals surface area contributed by atoms with Gasteiger partial charge in [0.15, 0.2) is 6.10 Å². The molecule has 0 spiro atoms. The molecule has 258 valence electrons. The summed E-state index contributed by atoms with van der Waals surface area (Å²) >= 11 is 0. The Morgan fingerprint density at radius 1 is 0.854 bits per heavy atom. The first-order chi connectivity index (χ1) is 23.2. The number of piperazine rings is 1. The molecule has 2 saturated carbocycles. The molecule has 2 heterocycles. The summed E-state index contributed by atoms with van der Waals surface area (Å²) in [5.41, 5.74) is 1.84. The number of carbonyl (C=O) groups excluding carboxylic acids is 4. The van der Waals surface area contributed by atoms with E-state index in [1.165, 1.54) is 24.3 Å². The third-order valence-electron chi connectivity index (χ3n) is 10.4. The van der Waals surface area contributed by atoms with Crippen molar-refractivity contribution >= 4 is 29.3 Å². The molecule has 4 N–H and O–H groups in total. The van der Waals surface area contributed by atoms with Gasteiger partial charge in [0.1, 0.15) is 24.2 Å². The Labute approximate surface area is 282 Å². The highest BCUT2D eigenvalue weighted by Gasteiger charge is 2.39. The van der Waals surface area contributed by atoms with Crippen molar-refractivity contribution in [1.82, 2.24) is 15.1 Å². The second kappa shape index (κ2) is 15.5. The maximum Gasteiger partial charge on any atom is 0.254 e. The Bertz CT molecular complexity index is 1500. The molecule has 11 heteroatoms. The lowest BCUT2D eigenvalue weighted by Gasteiger charge is -2.41. The number of amides is 4. The summed E-state index contributed by atoms with van der Waals surface area (Å²) in [7, 11) is 0. The summed E-state index contributed by atoms with van der Waals surface area (Å²) in [6.45, 7) is 3.59. The van der Waals surface area contributed by atoms with Crippen LogP contribution in [0.5, 0.6) is 5.75 Å². The molecular weight excluding hydrogens is 613 g/mol. The summed E-state index contributed by atoms with van der Waals surface area (Å²) in [6.07, 6.45) is 11.8. The van der Waals surface area contributed by atoms with Crippen molar-refractivity contribution in [1.29, 1.82) is 0 Å². The number of carbonyl (C=O) groups is 4. The van der Waals surface area contributed by atoms with E-state index in [9.17, 15) is 23.6 Å². The minimum Gasteiger partial charge on any atom is -0.484 e. The van der Waals surface area contributed by atoms with Crippen LogP contribution in [0.1, 0.15) is 110 Å². The first-order valence-corrected chi connectivity index (χ1v) is 17.9. The molecule has 48 heavy (non-hydrogen) atoms. The second-order valence-electron chi connectivity index (χ2n) is 13.9. The van der Waals surface area contributed by atoms with E-state index in [4.69, 9.17) is 4.74 Å². The summed E-state index contributed by atoms with van der Waals surface area (Å²) in [4.78, 5) is 56.7. The lowest BCUT2D eigenvalue weighted by Crippen LogP contribution is -2.81. The molecule has 10 nitrogen and oxygen atoms in total. The topological polar surface area (TPSA) is 125 Å². The molecule has 0 bridgehead atoms. The number of nitrogens with zero attached hydrogens (tertiary/aromatic N) is 2. The van der Waals surface area contributed by atoms with Crippen LogP contribution in [0, 0.1) is 5.82 Å². The monoisotopic (exact) mass is 662 g/mol. The average Bonchev–Trinajstić information content (AvgIpc) is 3.61. The van der Waals surface area contributed by atoms with Gasteiger partial charge in [0.05, 0.1) is 13.1 Å². The normalized spacial score (nSPS) is 22.3. The van der Waals surface area contributed by atoms with Gasteiger partial charge in [-0.05, 0) is 73.6 Å². The van der Waals surface area contributed by atoms with Crippen LogP contribution in [0.25, 0.3) is 0 Å². The molecule has 2 atom stereocenters. The number of hydrogen-bond donors (Lipinski definition) is 3. The van der Waals surface area contributed by atoms with Crippen LogP contribution in [-0.2, 0) is 9.59 Å². The summed E-state index contributed by atoms with van der Waals surface area (Å²) in [6, 6.07) is 8.55. The molecule has 2 aliphatic carbocycles. The van der Waals surface area contributed by atoms with Crippen LogP contribution >= 0.6 is 0 Å². The molecular formula is C37H49FN5O5+. The van der Waals surface area contributed by atoms with Gasteiger partial charge in [-0.25, -0.2) is 4.39 Å². The Morgan fingerprint density at radius 3 is 2.31 bits per heavy atom. The van der Waals surface area contributed by atoms with Gasteiger partial charge in [-0.2, -0.15) is 0 Å². The first-order valence-electron chi connectivity index (χ1n) is 17.9. The van der Waals surface area contributed by atoms with Gasteiger partial charge >= 0.3 is 0 Å². The van der Waals surface area contributed by atoms with Crippen molar-refractivity contribution in [2.24, 2.45) is 0 Å². The average molecular weight is 663 g/mol. The van der Waals surface area contributed by atoms with Crippen molar-refractivity contribution in [3.05, 3.63) is 58.9 Å². The number of quaternary nitrogens is 1. The number of hydrogen-bond acceptors (Lipinski definition) is 5. The molecule has 6 rings (SSSR count). The number of rotatable bonds is 8. The highest BCUT2D eigenvalue weighted by molar-refractivity contribution is 6.00. The van der Waals surface area contributed by atoms with Gasteiger partial charge < -0.3 is 30.5 Å². The Kier molecular flexibility index (Phi) is 10.9. The molecule has 4 fully saturated rings. The Balaban J connectivity index is 1.26. The highest BCUT2D eigenvalue weighted by Crippen LogP contribution is 2.39. The summed E-state index contributed by atoms with van der Waals surface area (Å²) < 4.78 is 21.0. The lowest BCUT2D eigenvalue weighted by molar-refractivity contribution is -0.638. The molecule has 1 unspecified atom stereocenters. The van der Waals surface area contributed by atoms with E-state index in [-0.39, 0.29) is 60.8 Å². The standard InChI is InChI=1S/C37H48FN5O5/c1-24(44)40-30-19-27(18-28(38)21-30)36(46)42-16-17-43(33(23-42)35(45)41-29-10-6-3-7-11-29)37(47)26-12-13-34(48-31-14-15-39-22-31)32(20-26)25-8-4-2-5-9-25/h12-13,18-21,25,29,31,33,39H,2-11,14-17,22-23H2,1H3,(H,40,44)(H,41,45)/p+1/t31-,33?/m0/s1. The van der Waals surface area contributed by atoms with E-state index in [1.807, 2.05) is 18.2 Å². The fourth-order valence-corrected chi connectivity index (χ4v) is 7.85. The minimum atomic E-state index is -0.913. The van der Waals surface area contributed by atoms with Crippen molar-refractivity contribution in [3.63, 3.8) is 0 Å². The van der Waals surface area contributed by atoms with Crippen LogP contribution in [0.4, 0.5) is 10.1 Å². The maximum absolute atomic E-state index is 14.5. The van der Waals surface area contributed by atoms with Crippen LogP contribution in [0.15, 0.2) is 36.4 Å². The molecule has 2 saturated heterocycles.